The van der Waals surface area contributed by atoms with Gasteiger partial charge in [0.15, 0.2) is 0 Å². The minimum absolute atomic E-state index is 0.109. The molecule has 1 fully saturated rings. The molecular weight excluding hydrogens is 326 g/mol. The summed E-state index contributed by atoms with van der Waals surface area (Å²) in [4.78, 5) is 13.6. The first-order valence-electron chi connectivity index (χ1n) is 7.47. The van der Waals surface area contributed by atoms with Crippen LogP contribution in [0.4, 0.5) is 14.5 Å². The summed E-state index contributed by atoms with van der Waals surface area (Å²) in [6.07, 6.45) is 3.13. The quantitative estimate of drug-likeness (QED) is 0.890. The van der Waals surface area contributed by atoms with Crippen LogP contribution in [-0.4, -0.2) is 44.1 Å². The number of hydrogen-bond acceptors (Lipinski definition) is 4. The molecule has 0 aromatic heterocycles. The number of nitrogens with one attached hydrogen (secondary N) is 1. The van der Waals surface area contributed by atoms with Crippen LogP contribution in [0, 0.1) is 0 Å². The van der Waals surface area contributed by atoms with Gasteiger partial charge in [0.2, 0.25) is 15.7 Å². The van der Waals surface area contributed by atoms with E-state index in [0.717, 1.165) is 31.9 Å². The van der Waals surface area contributed by atoms with Crippen LogP contribution in [-0.2, 0) is 14.6 Å². The summed E-state index contributed by atoms with van der Waals surface area (Å²) >= 11 is 0. The number of hydrogen-bond donors (Lipinski definition) is 1. The molecule has 1 aromatic carbocycles. The Hall–Kier alpha value is -1.54. The molecule has 23 heavy (non-hydrogen) atoms. The van der Waals surface area contributed by atoms with Crippen LogP contribution in [0.1, 0.15) is 26.2 Å². The highest BCUT2D eigenvalue weighted by molar-refractivity contribution is 7.91. The van der Waals surface area contributed by atoms with Crippen molar-refractivity contribution in [2.24, 2.45) is 0 Å². The van der Waals surface area contributed by atoms with Crippen LogP contribution in [0.3, 0.4) is 0 Å². The molecule has 5 nitrogen and oxygen atoms in total. The fourth-order valence-corrected chi connectivity index (χ4v) is 3.57. The number of sulfone groups is 1. The fourth-order valence-electron chi connectivity index (χ4n) is 2.68. The molecule has 0 spiro atoms. The van der Waals surface area contributed by atoms with Crippen LogP contribution < -0.4 is 5.32 Å². The Balaban J connectivity index is 2.13. The standard InChI is InChI=1S/C15H20F2N2O3S/c1-11-6-4-5-9-19(11)10-14(20)18-12-7-2-3-8-13(12)23(21,22)15(16)17/h2-3,7-8,11,15H,4-6,9-10H2,1H3,(H,18,20)/t11-/m1/s1. The summed E-state index contributed by atoms with van der Waals surface area (Å²) in [7, 11) is -4.76. The maximum atomic E-state index is 12.7. The third kappa shape index (κ3) is 4.26. The minimum Gasteiger partial charge on any atom is -0.324 e. The number of amides is 1. The molecular formula is C15H20F2N2O3S. The normalized spacial score (nSPS) is 19.7. The number of para-hydroxylation sites is 1. The lowest BCUT2D eigenvalue weighted by atomic mass is 10.0. The molecule has 0 unspecified atom stereocenters. The highest BCUT2D eigenvalue weighted by Crippen LogP contribution is 2.26. The molecule has 1 N–H and O–H groups in total. The number of anilines is 1. The molecule has 0 bridgehead atoms. The van der Waals surface area contributed by atoms with Crippen molar-refractivity contribution in [1.29, 1.82) is 0 Å². The average Bonchev–Trinajstić information content (AvgIpc) is 2.50. The van der Waals surface area contributed by atoms with E-state index in [4.69, 9.17) is 0 Å². The molecule has 0 saturated carbocycles. The van der Waals surface area contributed by atoms with Crippen molar-refractivity contribution in [2.45, 2.75) is 42.9 Å². The predicted molar refractivity (Wildman–Crippen MR) is 83.1 cm³/mol. The van der Waals surface area contributed by atoms with Gasteiger partial charge in [-0.15, -0.1) is 0 Å². The minimum atomic E-state index is -4.76. The largest absolute Gasteiger partial charge is 0.341 e. The van der Waals surface area contributed by atoms with Gasteiger partial charge in [0.1, 0.15) is 0 Å². The SMILES string of the molecule is C[C@@H]1CCCCN1CC(=O)Nc1ccccc1S(=O)(=O)C(F)F. The van der Waals surface area contributed by atoms with Crippen molar-refractivity contribution in [2.75, 3.05) is 18.4 Å². The summed E-state index contributed by atoms with van der Waals surface area (Å²) in [6, 6.07) is 5.49. The molecule has 0 radical (unpaired) electrons. The molecule has 8 heteroatoms. The molecule has 1 amide bonds. The number of carbonyl (C=O) groups excluding carboxylic acids is 1. The lowest BCUT2D eigenvalue weighted by molar-refractivity contribution is -0.118. The van der Waals surface area contributed by atoms with Gasteiger partial charge in [-0.2, -0.15) is 8.78 Å². The van der Waals surface area contributed by atoms with E-state index in [9.17, 15) is 22.0 Å². The smallest absolute Gasteiger partial charge is 0.324 e. The number of piperidine rings is 1. The fraction of sp³-hybridized carbons (Fsp3) is 0.533. The van der Waals surface area contributed by atoms with Crippen molar-refractivity contribution in [3.8, 4) is 0 Å². The van der Waals surface area contributed by atoms with Gasteiger partial charge in [0.05, 0.1) is 17.1 Å². The van der Waals surface area contributed by atoms with Gasteiger partial charge >= 0.3 is 5.76 Å². The van der Waals surface area contributed by atoms with E-state index >= 15 is 0 Å². The second-order valence-corrected chi connectivity index (χ2v) is 7.55. The number of likely N-dealkylation sites (tertiary alicyclic amines) is 1. The van der Waals surface area contributed by atoms with Crippen LogP contribution in [0.5, 0.6) is 0 Å². The second-order valence-electron chi connectivity index (χ2n) is 5.67. The van der Waals surface area contributed by atoms with E-state index in [0.29, 0.717) is 0 Å². The molecule has 1 atom stereocenters. The van der Waals surface area contributed by atoms with Crippen LogP contribution >= 0.6 is 0 Å². The molecule has 1 aliphatic heterocycles. The number of halogens is 2. The highest BCUT2D eigenvalue weighted by Gasteiger charge is 2.29. The van der Waals surface area contributed by atoms with Gasteiger partial charge in [0, 0.05) is 6.04 Å². The molecule has 2 rings (SSSR count). The maximum absolute atomic E-state index is 12.7. The van der Waals surface area contributed by atoms with E-state index in [2.05, 4.69) is 5.32 Å². The first-order valence-corrected chi connectivity index (χ1v) is 9.02. The van der Waals surface area contributed by atoms with Crippen molar-refractivity contribution in [1.82, 2.24) is 4.90 Å². The Morgan fingerprint density at radius 2 is 2.04 bits per heavy atom. The predicted octanol–water partition coefficient (Wildman–Crippen LogP) is 2.50. The molecule has 1 saturated heterocycles. The number of alkyl halides is 2. The van der Waals surface area contributed by atoms with E-state index in [-0.39, 0.29) is 18.3 Å². The Morgan fingerprint density at radius 3 is 2.70 bits per heavy atom. The monoisotopic (exact) mass is 346 g/mol. The summed E-state index contributed by atoms with van der Waals surface area (Å²) in [5.74, 6) is -3.93. The van der Waals surface area contributed by atoms with Crippen LogP contribution in [0.2, 0.25) is 0 Å². The zero-order chi connectivity index (χ0) is 17.0. The molecule has 0 aliphatic carbocycles. The van der Waals surface area contributed by atoms with Gasteiger partial charge in [0.25, 0.3) is 0 Å². The van der Waals surface area contributed by atoms with E-state index in [1.54, 1.807) is 0 Å². The van der Waals surface area contributed by atoms with Crippen molar-refractivity contribution < 1.29 is 22.0 Å². The topological polar surface area (TPSA) is 66.5 Å². The first-order chi connectivity index (χ1) is 10.8. The van der Waals surface area contributed by atoms with Crippen molar-refractivity contribution in [3.63, 3.8) is 0 Å². The molecule has 1 heterocycles. The Labute approximate surface area is 134 Å². The first kappa shape index (κ1) is 17.8. The number of benzene rings is 1. The molecule has 1 aromatic rings. The van der Waals surface area contributed by atoms with Crippen molar-refractivity contribution in [3.05, 3.63) is 24.3 Å². The van der Waals surface area contributed by atoms with Gasteiger partial charge in [-0.1, -0.05) is 18.6 Å². The summed E-state index contributed by atoms with van der Waals surface area (Å²) in [5, 5.41) is 2.45. The third-order valence-electron chi connectivity index (χ3n) is 3.99. The van der Waals surface area contributed by atoms with Gasteiger partial charge in [-0.3, -0.25) is 9.69 Å². The van der Waals surface area contributed by atoms with E-state index in [1.807, 2.05) is 11.8 Å². The van der Waals surface area contributed by atoms with Crippen LogP contribution in [0.15, 0.2) is 29.2 Å². The summed E-state index contributed by atoms with van der Waals surface area (Å²) in [5.41, 5.74) is -0.109. The molecule has 1 aliphatic rings. The number of nitrogens with zero attached hydrogens (tertiary/aromatic N) is 1. The summed E-state index contributed by atoms with van der Waals surface area (Å²) in [6.45, 7) is 2.94. The Bertz CT molecular complexity index is 664. The van der Waals surface area contributed by atoms with Gasteiger partial charge in [-0.05, 0) is 38.4 Å². The van der Waals surface area contributed by atoms with Crippen LogP contribution in [0.25, 0.3) is 0 Å². The lowest BCUT2D eigenvalue weighted by Gasteiger charge is -2.32. The highest BCUT2D eigenvalue weighted by atomic mass is 32.2. The van der Waals surface area contributed by atoms with E-state index in [1.165, 1.54) is 18.2 Å². The Morgan fingerprint density at radius 1 is 1.35 bits per heavy atom. The zero-order valence-electron chi connectivity index (χ0n) is 12.8. The average molecular weight is 346 g/mol. The second kappa shape index (κ2) is 7.35. The molecule has 128 valence electrons. The van der Waals surface area contributed by atoms with Gasteiger partial charge in [-0.25, -0.2) is 8.42 Å². The zero-order valence-corrected chi connectivity index (χ0v) is 13.7. The van der Waals surface area contributed by atoms with Gasteiger partial charge < -0.3 is 5.32 Å². The Kier molecular flexibility index (Phi) is 5.69. The maximum Gasteiger partial charge on any atom is 0.341 e. The van der Waals surface area contributed by atoms with E-state index < -0.39 is 26.4 Å². The lowest BCUT2D eigenvalue weighted by Crippen LogP contribution is -2.42. The summed E-state index contributed by atoms with van der Waals surface area (Å²) < 4.78 is 48.8. The van der Waals surface area contributed by atoms with Crippen molar-refractivity contribution >= 4 is 21.4 Å². The third-order valence-corrected chi connectivity index (χ3v) is 5.43. The number of rotatable bonds is 5. The number of carbonyl (C=O) groups is 1.